The number of nitrogens with one attached hydrogen (secondary N) is 2. The maximum atomic E-state index is 13.3. The molecule has 7 nitrogen and oxygen atoms in total. The molecule has 1 saturated heterocycles. The summed E-state index contributed by atoms with van der Waals surface area (Å²) in [5.41, 5.74) is 2.67. The molecule has 0 radical (unpaired) electrons. The Bertz CT molecular complexity index is 1090. The van der Waals surface area contributed by atoms with Crippen LogP contribution in [-0.2, 0) is 32.5 Å². The summed E-state index contributed by atoms with van der Waals surface area (Å²) in [5, 5.41) is 5.80. The SMILES string of the molecule is O=C1CCCc2cc(S(=O)(=O)N3CCCC(C(=O)NCCc4ccccc4)C3)ccc2N1. The van der Waals surface area contributed by atoms with Crippen molar-refractivity contribution in [2.45, 2.75) is 43.4 Å². The van der Waals surface area contributed by atoms with E-state index in [4.69, 9.17) is 0 Å². The Balaban J connectivity index is 1.40. The highest BCUT2D eigenvalue weighted by Crippen LogP contribution is 2.29. The summed E-state index contributed by atoms with van der Waals surface area (Å²) in [7, 11) is -3.71. The molecule has 2 heterocycles. The first-order chi connectivity index (χ1) is 15.4. The van der Waals surface area contributed by atoms with Gasteiger partial charge in [0.15, 0.2) is 0 Å². The lowest BCUT2D eigenvalue weighted by molar-refractivity contribution is -0.126. The molecule has 32 heavy (non-hydrogen) atoms. The van der Waals surface area contributed by atoms with Crippen LogP contribution in [0.1, 0.15) is 36.8 Å². The highest BCUT2D eigenvalue weighted by molar-refractivity contribution is 7.89. The monoisotopic (exact) mass is 455 g/mol. The quantitative estimate of drug-likeness (QED) is 0.700. The third-order valence-corrected chi connectivity index (χ3v) is 8.01. The van der Waals surface area contributed by atoms with Gasteiger partial charge >= 0.3 is 0 Å². The number of nitrogens with zero attached hydrogens (tertiary/aromatic N) is 1. The predicted octanol–water partition coefficient (Wildman–Crippen LogP) is 2.72. The number of benzene rings is 2. The first-order valence-electron chi connectivity index (χ1n) is 11.2. The van der Waals surface area contributed by atoms with Crippen LogP contribution in [0.15, 0.2) is 53.4 Å². The third kappa shape index (κ3) is 5.19. The summed E-state index contributed by atoms with van der Waals surface area (Å²) >= 11 is 0. The molecular formula is C24H29N3O4S. The van der Waals surface area contributed by atoms with Gasteiger partial charge in [-0.3, -0.25) is 9.59 Å². The van der Waals surface area contributed by atoms with Gasteiger partial charge in [0.25, 0.3) is 0 Å². The van der Waals surface area contributed by atoms with Crippen LogP contribution in [0.2, 0.25) is 0 Å². The van der Waals surface area contributed by atoms with Crippen LogP contribution in [0.3, 0.4) is 0 Å². The van der Waals surface area contributed by atoms with Crippen molar-refractivity contribution < 1.29 is 18.0 Å². The topological polar surface area (TPSA) is 95.6 Å². The van der Waals surface area contributed by atoms with E-state index in [-0.39, 0.29) is 29.2 Å². The van der Waals surface area contributed by atoms with Crippen LogP contribution in [0.4, 0.5) is 5.69 Å². The minimum atomic E-state index is -3.71. The van der Waals surface area contributed by atoms with E-state index in [1.54, 1.807) is 18.2 Å². The second-order valence-corrected chi connectivity index (χ2v) is 10.4. The zero-order valence-electron chi connectivity index (χ0n) is 18.0. The van der Waals surface area contributed by atoms with Gasteiger partial charge in [-0.2, -0.15) is 4.31 Å². The number of piperidine rings is 1. The number of carbonyl (C=O) groups excluding carboxylic acids is 2. The van der Waals surface area contributed by atoms with E-state index in [1.807, 2.05) is 30.3 Å². The Hall–Kier alpha value is -2.71. The van der Waals surface area contributed by atoms with Crippen molar-refractivity contribution in [3.63, 3.8) is 0 Å². The van der Waals surface area contributed by atoms with E-state index in [2.05, 4.69) is 10.6 Å². The van der Waals surface area contributed by atoms with Crippen molar-refractivity contribution in [1.29, 1.82) is 0 Å². The summed E-state index contributed by atoms with van der Waals surface area (Å²) in [6.45, 7) is 1.12. The summed E-state index contributed by atoms with van der Waals surface area (Å²) in [6.07, 6.45) is 3.86. The highest BCUT2D eigenvalue weighted by Gasteiger charge is 2.33. The maximum Gasteiger partial charge on any atom is 0.243 e. The fourth-order valence-electron chi connectivity index (χ4n) is 4.35. The molecule has 2 aliphatic heterocycles. The number of rotatable bonds is 6. The number of anilines is 1. The van der Waals surface area contributed by atoms with Crippen LogP contribution in [-0.4, -0.2) is 44.2 Å². The predicted molar refractivity (Wildman–Crippen MR) is 123 cm³/mol. The molecule has 0 aromatic heterocycles. The minimum Gasteiger partial charge on any atom is -0.355 e. The maximum absolute atomic E-state index is 13.3. The van der Waals surface area contributed by atoms with E-state index in [0.29, 0.717) is 50.9 Å². The molecule has 0 aliphatic carbocycles. The summed E-state index contributed by atoms with van der Waals surface area (Å²) < 4.78 is 28.0. The molecule has 0 spiro atoms. The molecule has 2 aliphatic rings. The molecule has 2 amide bonds. The van der Waals surface area contributed by atoms with Crippen LogP contribution in [0.25, 0.3) is 0 Å². The van der Waals surface area contributed by atoms with Gasteiger partial charge in [0.05, 0.1) is 10.8 Å². The van der Waals surface area contributed by atoms with Crippen molar-refractivity contribution >= 4 is 27.5 Å². The van der Waals surface area contributed by atoms with Crippen molar-refractivity contribution in [3.8, 4) is 0 Å². The first kappa shape index (κ1) is 22.5. The molecule has 0 saturated carbocycles. The second-order valence-electron chi connectivity index (χ2n) is 8.45. The van der Waals surface area contributed by atoms with Gasteiger partial charge < -0.3 is 10.6 Å². The van der Waals surface area contributed by atoms with Gasteiger partial charge in [0.2, 0.25) is 21.8 Å². The normalized spacial score (nSPS) is 19.5. The average molecular weight is 456 g/mol. The van der Waals surface area contributed by atoms with Gasteiger partial charge in [0, 0.05) is 31.7 Å². The lowest BCUT2D eigenvalue weighted by Gasteiger charge is -2.31. The van der Waals surface area contributed by atoms with Crippen LogP contribution < -0.4 is 10.6 Å². The number of carbonyl (C=O) groups is 2. The Morgan fingerprint density at radius 2 is 1.91 bits per heavy atom. The van der Waals surface area contributed by atoms with Crippen molar-refractivity contribution in [3.05, 3.63) is 59.7 Å². The zero-order chi connectivity index (χ0) is 22.6. The molecule has 2 aromatic rings. The molecule has 0 bridgehead atoms. The fourth-order valence-corrected chi connectivity index (χ4v) is 5.93. The molecule has 8 heteroatoms. The number of amides is 2. The van der Waals surface area contributed by atoms with E-state index in [9.17, 15) is 18.0 Å². The lowest BCUT2D eigenvalue weighted by atomic mass is 9.99. The Morgan fingerprint density at radius 1 is 1.09 bits per heavy atom. The zero-order valence-corrected chi connectivity index (χ0v) is 18.9. The Labute approximate surface area is 189 Å². The smallest absolute Gasteiger partial charge is 0.243 e. The molecule has 4 rings (SSSR count). The second kappa shape index (κ2) is 9.83. The molecule has 1 atom stereocenters. The van der Waals surface area contributed by atoms with Crippen LogP contribution in [0, 0.1) is 5.92 Å². The van der Waals surface area contributed by atoms with Gasteiger partial charge in [-0.15, -0.1) is 0 Å². The number of sulfonamides is 1. The van der Waals surface area contributed by atoms with Gasteiger partial charge in [-0.1, -0.05) is 30.3 Å². The number of aryl methyl sites for hydroxylation is 1. The summed E-state index contributed by atoms with van der Waals surface area (Å²) in [5.74, 6) is -0.489. The summed E-state index contributed by atoms with van der Waals surface area (Å²) in [6, 6.07) is 14.8. The number of hydrogen-bond acceptors (Lipinski definition) is 4. The first-order valence-corrected chi connectivity index (χ1v) is 12.6. The van der Waals surface area contributed by atoms with Gasteiger partial charge in [-0.25, -0.2) is 8.42 Å². The van der Waals surface area contributed by atoms with Gasteiger partial charge in [-0.05, 0) is 61.4 Å². The standard InChI is InChI=1S/C24H29N3O4S/c28-23-10-4-8-19-16-21(11-12-22(19)26-23)32(30,31)27-15-5-9-20(17-27)24(29)25-14-13-18-6-2-1-3-7-18/h1-3,6-7,11-12,16,20H,4-5,8-10,13-15,17H2,(H,25,29)(H,26,28). The van der Waals surface area contributed by atoms with Crippen LogP contribution >= 0.6 is 0 Å². The van der Waals surface area contributed by atoms with Crippen molar-refractivity contribution in [2.24, 2.45) is 5.92 Å². The van der Waals surface area contributed by atoms with E-state index in [1.165, 1.54) is 4.31 Å². The van der Waals surface area contributed by atoms with E-state index < -0.39 is 10.0 Å². The highest BCUT2D eigenvalue weighted by atomic mass is 32.2. The molecular weight excluding hydrogens is 426 g/mol. The third-order valence-electron chi connectivity index (χ3n) is 6.15. The van der Waals surface area contributed by atoms with E-state index >= 15 is 0 Å². The minimum absolute atomic E-state index is 0.0449. The summed E-state index contributed by atoms with van der Waals surface area (Å²) in [4.78, 5) is 24.7. The van der Waals surface area contributed by atoms with Crippen molar-refractivity contribution in [2.75, 3.05) is 25.0 Å². The number of fused-ring (bicyclic) bond motifs is 1. The molecule has 170 valence electrons. The lowest BCUT2D eigenvalue weighted by Crippen LogP contribution is -2.45. The number of hydrogen-bond donors (Lipinski definition) is 2. The Kier molecular flexibility index (Phi) is 6.91. The van der Waals surface area contributed by atoms with Crippen molar-refractivity contribution in [1.82, 2.24) is 9.62 Å². The fraction of sp³-hybridized carbons (Fsp3) is 0.417. The molecule has 2 aromatic carbocycles. The van der Waals surface area contributed by atoms with Gasteiger partial charge in [0.1, 0.15) is 0 Å². The molecule has 1 fully saturated rings. The average Bonchev–Trinajstić information content (AvgIpc) is 2.99. The molecule has 2 N–H and O–H groups in total. The molecule has 1 unspecified atom stereocenters. The largest absolute Gasteiger partial charge is 0.355 e. The van der Waals surface area contributed by atoms with E-state index in [0.717, 1.165) is 17.5 Å². The Morgan fingerprint density at radius 3 is 2.72 bits per heavy atom. The van der Waals surface area contributed by atoms with Crippen LogP contribution in [0.5, 0.6) is 0 Å².